The van der Waals surface area contributed by atoms with Crippen molar-refractivity contribution in [3.63, 3.8) is 0 Å². The van der Waals surface area contributed by atoms with E-state index in [9.17, 15) is 4.79 Å². The van der Waals surface area contributed by atoms with Gasteiger partial charge in [0.05, 0.1) is 42.6 Å². The summed E-state index contributed by atoms with van der Waals surface area (Å²) in [6.07, 6.45) is 2.76. The van der Waals surface area contributed by atoms with Crippen LogP contribution in [-0.4, -0.2) is 35.1 Å². The largest absolute Gasteiger partial charge is 0.495 e. The maximum Gasteiger partial charge on any atom is 0.243 e. The van der Waals surface area contributed by atoms with Gasteiger partial charge in [-0.25, -0.2) is 15.0 Å². The molecule has 1 amide bonds. The number of methoxy groups -OCH3 is 2. The topological polar surface area (TPSA) is 86.2 Å². The molecule has 2 heterocycles. The minimum Gasteiger partial charge on any atom is -0.495 e. The molecule has 0 bridgehead atoms. The fourth-order valence-corrected chi connectivity index (χ4v) is 4.05. The summed E-state index contributed by atoms with van der Waals surface area (Å²) in [5, 5.41) is 3.84. The predicted molar refractivity (Wildman–Crippen MR) is 106 cm³/mol. The number of thiazole rings is 1. The lowest BCUT2D eigenvalue weighted by atomic mass is 10.2. The van der Waals surface area contributed by atoms with Gasteiger partial charge >= 0.3 is 0 Å². The van der Waals surface area contributed by atoms with Crippen LogP contribution in [-0.2, 0) is 11.3 Å². The molecule has 2 aromatic heterocycles. The average molecular weight is 425 g/mol. The third kappa shape index (κ3) is 3.83. The van der Waals surface area contributed by atoms with E-state index in [1.54, 1.807) is 12.3 Å². The number of halogens is 2. The predicted octanol–water partition coefficient (Wildman–Crippen LogP) is 3.88. The van der Waals surface area contributed by atoms with E-state index >= 15 is 0 Å². The van der Waals surface area contributed by atoms with Crippen molar-refractivity contribution in [3.8, 4) is 22.1 Å². The molecule has 0 aliphatic heterocycles. The highest BCUT2D eigenvalue weighted by atomic mass is 35.5. The summed E-state index contributed by atoms with van der Waals surface area (Å²) in [6.45, 7) is 3.58. The minimum atomic E-state index is -0.300. The van der Waals surface area contributed by atoms with Crippen LogP contribution in [0.1, 0.15) is 5.82 Å². The first-order valence-corrected chi connectivity index (χ1v) is 9.18. The summed E-state index contributed by atoms with van der Waals surface area (Å²) in [4.78, 5) is 25.1. The second kappa shape index (κ2) is 8.08. The first-order chi connectivity index (χ1) is 13.0. The number of benzene rings is 1. The van der Waals surface area contributed by atoms with Crippen molar-refractivity contribution in [2.75, 3.05) is 14.2 Å². The number of ether oxygens (including phenoxy) is 2. The summed E-state index contributed by atoms with van der Waals surface area (Å²) in [5.41, 5.74) is 1.08. The third-order valence-corrected chi connectivity index (χ3v) is 5.33. The van der Waals surface area contributed by atoms with E-state index in [1.165, 1.54) is 31.6 Å². The Morgan fingerprint density at radius 3 is 2.52 bits per heavy atom. The van der Waals surface area contributed by atoms with Gasteiger partial charge in [0.2, 0.25) is 5.91 Å². The lowest BCUT2D eigenvalue weighted by molar-refractivity contribution is -0.116. The number of amides is 1. The number of aromatic nitrogens is 3. The molecule has 0 saturated heterocycles. The van der Waals surface area contributed by atoms with Gasteiger partial charge in [0, 0.05) is 6.07 Å². The number of nitrogens with one attached hydrogen (secondary N) is 1. The summed E-state index contributed by atoms with van der Waals surface area (Å²) in [5.74, 6) is 0.996. The molecule has 3 rings (SSSR count). The van der Waals surface area contributed by atoms with Crippen molar-refractivity contribution in [1.82, 2.24) is 20.3 Å². The van der Waals surface area contributed by atoms with Crippen LogP contribution in [0.5, 0.6) is 11.5 Å². The number of carbonyl (C=O) groups is 1. The van der Waals surface area contributed by atoms with Crippen molar-refractivity contribution in [2.45, 2.75) is 6.54 Å². The SMILES string of the molecule is C=CC(=O)NCc1ncc2nc(-c3c(Cl)c(OC)cc(OC)c3Cl)sc2n1. The first kappa shape index (κ1) is 19.3. The Balaban J connectivity index is 2.05. The molecular weight excluding hydrogens is 411 g/mol. The molecule has 0 aliphatic rings. The average Bonchev–Trinajstić information content (AvgIpc) is 3.09. The molecule has 10 heteroatoms. The van der Waals surface area contributed by atoms with E-state index in [2.05, 4.69) is 26.8 Å². The number of nitrogens with zero attached hydrogens (tertiary/aromatic N) is 3. The normalized spacial score (nSPS) is 10.7. The Bertz CT molecular complexity index is 1010. The smallest absolute Gasteiger partial charge is 0.243 e. The molecular formula is C17H14Cl2N4O3S. The van der Waals surface area contributed by atoms with Crippen LogP contribution in [0.2, 0.25) is 10.0 Å². The lowest BCUT2D eigenvalue weighted by Gasteiger charge is -2.12. The molecule has 27 heavy (non-hydrogen) atoms. The summed E-state index contributed by atoms with van der Waals surface area (Å²) >= 11 is 14.2. The number of carbonyl (C=O) groups excluding carboxylic acids is 1. The Kier molecular flexibility index (Phi) is 5.79. The quantitative estimate of drug-likeness (QED) is 0.604. The highest BCUT2D eigenvalue weighted by Gasteiger charge is 2.22. The van der Waals surface area contributed by atoms with Gasteiger partial charge in [-0.2, -0.15) is 0 Å². The highest BCUT2D eigenvalue weighted by molar-refractivity contribution is 7.21. The summed E-state index contributed by atoms with van der Waals surface area (Å²) in [7, 11) is 3.01. The van der Waals surface area contributed by atoms with Crippen molar-refractivity contribution in [3.05, 3.63) is 40.8 Å². The van der Waals surface area contributed by atoms with Crippen LogP contribution >= 0.6 is 34.5 Å². The molecule has 0 unspecified atom stereocenters. The van der Waals surface area contributed by atoms with Gasteiger partial charge in [0.15, 0.2) is 0 Å². The van der Waals surface area contributed by atoms with Crippen molar-refractivity contribution < 1.29 is 14.3 Å². The van der Waals surface area contributed by atoms with E-state index in [0.29, 0.717) is 48.3 Å². The molecule has 1 aromatic carbocycles. The second-order valence-electron chi connectivity index (χ2n) is 5.20. The van der Waals surface area contributed by atoms with E-state index in [-0.39, 0.29) is 12.5 Å². The van der Waals surface area contributed by atoms with Crippen LogP contribution in [0.25, 0.3) is 20.9 Å². The van der Waals surface area contributed by atoms with Gasteiger partial charge in [-0.15, -0.1) is 0 Å². The molecule has 0 aliphatic carbocycles. The van der Waals surface area contributed by atoms with E-state index in [4.69, 9.17) is 32.7 Å². The molecule has 0 fully saturated rings. The number of fused-ring (bicyclic) bond motifs is 1. The van der Waals surface area contributed by atoms with Gasteiger partial charge in [-0.3, -0.25) is 4.79 Å². The fraction of sp³-hybridized carbons (Fsp3) is 0.176. The van der Waals surface area contributed by atoms with Crippen molar-refractivity contribution in [2.24, 2.45) is 0 Å². The molecule has 0 spiro atoms. The summed E-state index contributed by atoms with van der Waals surface area (Å²) in [6, 6.07) is 1.61. The third-order valence-electron chi connectivity index (χ3n) is 3.59. The lowest BCUT2D eigenvalue weighted by Crippen LogP contribution is -2.21. The first-order valence-electron chi connectivity index (χ1n) is 7.61. The van der Waals surface area contributed by atoms with Crippen LogP contribution in [0.15, 0.2) is 24.9 Å². The van der Waals surface area contributed by atoms with Gasteiger partial charge in [-0.1, -0.05) is 41.1 Å². The zero-order chi connectivity index (χ0) is 19.6. The van der Waals surface area contributed by atoms with Crippen LogP contribution in [0.3, 0.4) is 0 Å². The van der Waals surface area contributed by atoms with Gasteiger partial charge in [0.1, 0.15) is 32.7 Å². The number of hydrogen-bond donors (Lipinski definition) is 1. The van der Waals surface area contributed by atoms with E-state index in [1.807, 2.05) is 0 Å². The Hall–Kier alpha value is -2.42. The van der Waals surface area contributed by atoms with Gasteiger partial charge < -0.3 is 14.8 Å². The Labute approximate surface area is 169 Å². The maximum atomic E-state index is 11.3. The fourth-order valence-electron chi connectivity index (χ4n) is 2.27. The maximum absolute atomic E-state index is 11.3. The molecule has 3 aromatic rings. The van der Waals surface area contributed by atoms with Crippen molar-refractivity contribution >= 4 is 50.8 Å². The molecule has 0 saturated carbocycles. The molecule has 140 valence electrons. The zero-order valence-corrected chi connectivity index (χ0v) is 16.7. The minimum absolute atomic E-state index is 0.183. The molecule has 7 nitrogen and oxygen atoms in total. The van der Waals surface area contributed by atoms with Crippen molar-refractivity contribution in [1.29, 1.82) is 0 Å². The molecule has 0 radical (unpaired) electrons. The van der Waals surface area contributed by atoms with Crippen LogP contribution in [0.4, 0.5) is 0 Å². The van der Waals surface area contributed by atoms with Crippen LogP contribution in [0, 0.1) is 0 Å². The van der Waals surface area contributed by atoms with Gasteiger partial charge in [-0.05, 0) is 6.08 Å². The monoisotopic (exact) mass is 424 g/mol. The Morgan fingerprint density at radius 1 is 1.26 bits per heavy atom. The number of hydrogen-bond acceptors (Lipinski definition) is 7. The Morgan fingerprint density at radius 2 is 1.93 bits per heavy atom. The van der Waals surface area contributed by atoms with Gasteiger partial charge in [0.25, 0.3) is 0 Å². The molecule has 1 N–H and O–H groups in total. The number of rotatable bonds is 6. The highest BCUT2D eigenvalue weighted by Crippen LogP contribution is 2.47. The molecule has 0 atom stereocenters. The zero-order valence-electron chi connectivity index (χ0n) is 14.4. The summed E-state index contributed by atoms with van der Waals surface area (Å²) < 4.78 is 10.6. The van der Waals surface area contributed by atoms with E-state index < -0.39 is 0 Å². The van der Waals surface area contributed by atoms with Crippen LogP contribution < -0.4 is 14.8 Å². The standard InChI is InChI=1S/C17H14Cl2N4O3S/c1-4-12(24)21-7-11-20-6-8-16(23-11)27-17(22-8)13-14(18)9(25-2)5-10(26-3)15(13)19/h4-6H,1,7H2,2-3H3,(H,21,24). The second-order valence-corrected chi connectivity index (χ2v) is 6.94. The van der Waals surface area contributed by atoms with E-state index in [0.717, 1.165) is 0 Å².